The summed E-state index contributed by atoms with van der Waals surface area (Å²) in [7, 11) is 0. The van der Waals surface area contributed by atoms with Gasteiger partial charge in [0.2, 0.25) is 0 Å². The zero-order valence-corrected chi connectivity index (χ0v) is 9.80. The van der Waals surface area contributed by atoms with Gasteiger partial charge < -0.3 is 4.74 Å². The molecule has 2 fully saturated rings. The summed E-state index contributed by atoms with van der Waals surface area (Å²) in [6.45, 7) is 9.01. The molecule has 2 saturated heterocycles. The molecule has 0 radical (unpaired) electrons. The van der Waals surface area contributed by atoms with Crippen molar-refractivity contribution in [2.75, 3.05) is 19.6 Å². The number of piperidine rings is 1. The molecule has 0 aromatic carbocycles. The zero-order chi connectivity index (χ0) is 11.1. The number of carbonyl (C=O) groups is 1. The van der Waals surface area contributed by atoms with E-state index in [1.54, 1.807) is 0 Å². The molecular weight excluding hydrogens is 192 g/mol. The third-order valence-electron chi connectivity index (χ3n) is 3.38. The summed E-state index contributed by atoms with van der Waals surface area (Å²) in [5, 5.41) is 3.20. The van der Waals surface area contributed by atoms with Crippen LogP contribution in [0.3, 0.4) is 0 Å². The van der Waals surface area contributed by atoms with E-state index in [1.807, 2.05) is 0 Å². The van der Waals surface area contributed by atoms with Crippen LogP contribution >= 0.6 is 0 Å². The zero-order valence-electron chi connectivity index (χ0n) is 9.80. The second-order valence-electron chi connectivity index (χ2n) is 5.48. The van der Waals surface area contributed by atoms with Crippen LogP contribution in [-0.2, 0) is 9.53 Å². The summed E-state index contributed by atoms with van der Waals surface area (Å²) in [4.78, 5) is 13.5. The fourth-order valence-electron chi connectivity index (χ4n) is 2.34. The van der Waals surface area contributed by atoms with Gasteiger partial charge in [-0.1, -0.05) is 0 Å². The summed E-state index contributed by atoms with van der Waals surface area (Å²) < 4.78 is 5.37. The van der Waals surface area contributed by atoms with Gasteiger partial charge in [0.1, 0.15) is 0 Å². The Hall–Kier alpha value is -0.610. The SMILES string of the molecule is CC(C)(C)N1CCC2(CC1)NCC(=O)O2. The van der Waals surface area contributed by atoms with Crippen LogP contribution in [0.15, 0.2) is 0 Å². The second kappa shape index (κ2) is 3.46. The van der Waals surface area contributed by atoms with Gasteiger partial charge >= 0.3 is 5.97 Å². The lowest BCUT2D eigenvalue weighted by molar-refractivity contribution is -0.153. The van der Waals surface area contributed by atoms with Gasteiger partial charge in [0.05, 0.1) is 6.54 Å². The Kier molecular flexibility index (Phi) is 2.51. The number of carbonyl (C=O) groups excluding carboxylic acids is 1. The maximum atomic E-state index is 11.1. The Bertz CT molecular complexity index is 262. The van der Waals surface area contributed by atoms with Gasteiger partial charge in [-0.3, -0.25) is 15.0 Å². The largest absolute Gasteiger partial charge is 0.443 e. The molecule has 0 bridgehead atoms. The van der Waals surface area contributed by atoms with Crippen molar-refractivity contribution < 1.29 is 9.53 Å². The predicted octanol–water partition coefficient (Wildman–Crippen LogP) is 0.723. The molecule has 15 heavy (non-hydrogen) atoms. The van der Waals surface area contributed by atoms with E-state index < -0.39 is 0 Å². The first-order chi connectivity index (χ1) is 6.91. The van der Waals surface area contributed by atoms with E-state index in [0.717, 1.165) is 25.9 Å². The topological polar surface area (TPSA) is 41.6 Å². The molecule has 2 aliphatic rings. The Morgan fingerprint density at radius 3 is 2.33 bits per heavy atom. The molecule has 0 aromatic heterocycles. The lowest BCUT2D eigenvalue weighted by Gasteiger charge is -2.44. The van der Waals surface area contributed by atoms with Gasteiger partial charge in [-0.25, -0.2) is 0 Å². The first-order valence-corrected chi connectivity index (χ1v) is 5.63. The first-order valence-electron chi connectivity index (χ1n) is 5.63. The van der Waals surface area contributed by atoms with Crippen LogP contribution in [0.4, 0.5) is 0 Å². The number of rotatable bonds is 0. The second-order valence-corrected chi connectivity index (χ2v) is 5.48. The molecule has 2 aliphatic heterocycles. The molecule has 0 unspecified atom stereocenters. The number of hydrogen-bond acceptors (Lipinski definition) is 4. The summed E-state index contributed by atoms with van der Waals surface area (Å²) >= 11 is 0. The maximum absolute atomic E-state index is 11.1. The summed E-state index contributed by atoms with van der Waals surface area (Å²) in [6.07, 6.45) is 1.80. The maximum Gasteiger partial charge on any atom is 0.321 e. The van der Waals surface area contributed by atoms with Crippen LogP contribution in [0.1, 0.15) is 33.6 Å². The fraction of sp³-hybridized carbons (Fsp3) is 0.909. The molecule has 0 aliphatic carbocycles. The first kappa shape index (κ1) is 10.9. The van der Waals surface area contributed by atoms with Crippen LogP contribution in [0.25, 0.3) is 0 Å². The van der Waals surface area contributed by atoms with Crippen LogP contribution in [-0.4, -0.2) is 41.8 Å². The highest BCUT2D eigenvalue weighted by molar-refractivity contribution is 5.74. The molecule has 4 heteroatoms. The molecule has 0 saturated carbocycles. The van der Waals surface area contributed by atoms with Crippen molar-refractivity contribution in [2.45, 2.75) is 44.9 Å². The van der Waals surface area contributed by atoms with Crippen molar-refractivity contribution in [1.82, 2.24) is 10.2 Å². The van der Waals surface area contributed by atoms with Gasteiger partial charge in [0.15, 0.2) is 5.72 Å². The lowest BCUT2D eigenvalue weighted by Crippen LogP contribution is -2.55. The average molecular weight is 212 g/mol. The van der Waals surface area contributed by atoms with Crippen LogP contribution in [0, 0.1) is 0 Å². The Morgan fingerprint density at radius 1 is 1.33 bits per heavy atom. The van der Waals surface area contributed by atoms with E-state index in [1.165, 1.54) is 0 Å². The molecule has 86 valence electrons. The highest BCUT2D eigenvalue weighted by atomic mass is 16.6. The molecule has 0 amide bonds. The number of hydrogen-bond donors (Lipinski definition) is 1. The van der Waals surface area contributed by atoms with Crippen molar-refractivity contribution in [3.05, 3.63) is 0 Å². The molecule has 1 spiro atoms. The molecule has 1 N–H and O–H groups in total. The molecule has 0 atom stereocenters. The monoisotopic (exact) mass is 212 g/mol. The summed E-state index contributed by atoms with van der Waals surface area (Å²) in [5.41, 5.74) is -0.136. The predicted molar refractivity (Wildman–Crippen MR) is 57.4 cm³/mol. The number of likely N-dealkylation sites (tertiary alicyclic amines) is 1. The van der Waals surface area contributed by atoms with Crippen LogP contribution in [0.5, 0.6) is 0 Å². The summed E-state index contributed by atoms with van der Waals surface area (Å²) in [6, 6.07) is 0. The van der Waals surface area contributed by atoms with Gasteiger partial charge in [-0.2, -0.15) is 0 Å². The molecule has 0 aromatic rings. The number of nitrogens with one attached hydrogen (secondary N) is 1. The normalized spacial score (nSPS) is 27.0. The number of nitrogens with zero attached hydrogens (tertiary/aromatic N) is 1. The van der Waals surface area contributed by atoms with Crippen molar-refractivity contribution in [2.24, 2.45) is 0 Å². The molecular formula is C11H20N2O2. The quantitative estimate of drug-likeness (QED) is 0.601. The van der Waals surface area contributed by atoms with Gasteiger partial charge in [-0.15, -0.1) is 0 Å². The van der Waals surface area contributed by atoms with Crippen molar-refractivity contribution in [3.8, 4) is 0 Å². The standard InChI is InChI=1S/C11H20N2O2/c1-10(2,3)13-6-4-11(5-7-13)12-8-9(14)15-11/h12H,4-8H2,1-3H3. The third-order valence-corrected chi connectivity index (χ3v) is 3.38. The summed E-state index contributed by atoms with van der Waals surface area (Å²) in [5.74, 6) is -0.112. The van der Waals surface area contributed by atoms with E-state index in [-0.39, 0.29) is 17.2 Å². The average Bonchev–Trinajstić information content (AvgIpc) is 2.47. The Morgan fingerprint density at radius 2 is 1.93 bits per heavy atom. The van der Waals surface area contributed by atoms with Crippen molar-refractivity contribution in [1.29, 1.82) is 0 Å². The van der Waals surface area contributed by atoms with Gasteiger partial charge in [0.25, 0.3) is 0 Å². The molecule has 2 rings (SSSR count). The van der Waals surface area contributed by atoms with Crippen molar-refractivity contribution in [3.63, 3.8) is 0 Å². The minimum absolute atomic E-state index is 0.112. The highest BCUT2D eigenvalue weighted by Gasteiger charge is 2.43. The van der Waals surface area contributed by atoms with E-state index >= 15 is 0 Å². The van der Waals surface area contributed by atoms with Crippen LogP contribution in [0.2, 0.25) is 0 Å². The van der Waals surface area contributed by atoms with Gasteiger partial charge in [0, 0.05) is 31.5 Å². The highest BCUT2D eigenvalue weighted by Crippen LogP contribution is 2.30. The van der Waals surface area contributed by atoms with E-state index in [9.17, 15) is 4.79 Å². The third kappa shape index (κ3) is 2.16. The van der Waals surface area contributed by atoms with Gasteiger partial charge in [-0.05, 0) is 20.8 Å². The molecule has 4 nitrogen and oxygen atoms in total. The van der Waals surface area contributed by atoms with E-state index in [4.69, 9.17) is 4.74 Å². The van der Waals surface area contributed by atoms with E-state index in [0.29, 0.717) is 6.54 Å². The lowest BCUT2D eigenvalue weighted by atomic mass is 9.95. The Labute approximate surface area is 91.0 Å². The van der Waals surface area contributed by atoms with E-state index in [2.05, 4.69) is 31.0 Å². The number of esters is 1. The molecule has 2 heterocycles. The fourth-order valence-corrected chi connectivity index (χ4v) is 2.34. The van der Waals surface area contributed by atoms with Crippen LogP contribution < -0.4 is 5.32 Å². The Balaban J connectivity index is 1.95. The minimum atomic E-state index is -0.348. The smallest absolute Gasteiger partial charge is 0.321 e. The minimum Gasteiger partial charge on any atom is -0.443 e. The van der Waals surface area contributed by atoms with Crippen molar-refractivity contribution >= 4 is 5.97 Å². The number of ether oxygens (including phenoxy) is 1.